The molecule has 3 saturated heterocycles. The summed E-state index contributed by atoms with van der Waals surface area (Å²) in [4.78, 5) is 37.1. The Balaban J connectivity index is 0.808. The number of aryl methyl sites for hydroxylation is 1. The van der Waals surface area contributed by atoms with Gasteiger partial charge in [-0.2, -0.15) is 9.40 Å². The standard InChI is InChI=1S/C39H48ClN9O4S/c1-46-35-22-30(9-10-34(35)37(45-46)49-20-15-36(50)44-39(49)51)28-11-16-47(17-12-28)25-26-5-7-27(8-6-26)29-3-2-4-33(21-29)54(52,53)48-18-13-32(14-19-48)43-38-41-23-31(40)24-42-38/h2-4,9-10,21-24,26-28,32H,5-8,11-20,25H2,1H3,(H,41,42,43)(H,44,50,51). The van der Waals surface area contributed by atoms with Gasteiger partial charge in [-0.25, -0.2) is 23.2 Å². The Bertz CT molecular complexity index is 2100. The summed E-state index contributed by atoms with van der Waals surface area (Å²) in [6, 6.07) is 13.9. The van der Waals surface area contributed by atoms with E-state index < -0.39 is 16.1 Å². The van der Waals surface area contributed by atoms with Crippen molar-refractivity contribution >= 4 is 56.2 Å². The van der Waals surface area contributed by atoms with Crippen molar-refractivity contribution in [3.63, 3.8) is 0 Å². The highest BCUT2D eigenvalue weighted by Crippen LogP contribution is 2.39. The number of nitrogens with zero attached hydrogens (tertiary/aromatic N) is 7. The molecule has 0 spiro atoms. The van der Waals surface area contributed by atoms with Crippen molar-refractivity contribution in [2.24, 2.45) is 13.0 Å². The third kappa shape index (κ3) is 7.84. The van der Waals surface area contributed by atoms with Crippen LogP contribution in [0.25, 0.3) is 10.9 Å². The number of imide groups is 1. The number of hydrogen-bond donors (Lipinski definition) is 2. The van der Waals surface area contributed by atoms with E-state index in [0.29, 0.717) is 71.9 Å². The number of nitrogens with one attached hydrogen (secondary N) is 2. The summed E-state index contributed by atoms with van der Waals surface area (Å²) in [5.74, 6) is 2.37. The van der Waals surface area contributed by atoms with Crippen LogP contribution < -0.4 is 15.5 Å². The third-order valence-electron chi connectivity index (χ3n) is 12.0. The number of fused-ring (bicyclic) bond motifs is 1. The molecule has 2 aromatic heterocycles. The Morgan fingerprint density at radius 3 is 2.28 bits per heavy atom. The zero-order chi connectivity index (χ0) is 37.4. The summed E-state index contributed by atoms with van der Waals surface area (Å²) >= 11 is 5.90. The van der Waals surface area contributed by atoms with E-state index in [1.807, 2.05) is 23.9 Å². The number of carbonyl (C=O) groups excluding carboxylic acids is 2. The average Bonchev–Trinajstić information content (AvgIpc) is 3.51. The third-order valence-corrected chi connectivity index (χ3v) is 14.1. The quantitative estimate of drug-likeness (QED) is 0.213. The van der Waals surface area contributed by atoms with E-state index >= 15 is 0 Å². The van der Waals surface area contributed by atoms with Crippen LogP contribution in [0, 0.1) is 5.92 Å². The van der Waals surface area contributed by atoms with Crippen LogP contribution in [0.2, 0.25) is 5.02 Å². The van der Waals surface area contributed by atoms with Crippen molar-refractivity contribution in [1.29, 1.82) is 0 Å². The van der Waals surface area contributed by atoms with Gasteiger partial charge in [0.05, 0.1) is 27.8 Å². The maximum atomic E-state index is 13.7. The van der Waals surface area contributed by atoms with Gasteiger partial charge < -0.3 is 10.2 Å². The number of urea groups is 1. The van der Waals surface area contributed by atoms with Crippen LogP contribution in [0.4, 0.5) is 16.6 Å². The van der Waals surface area contributed by atoms with E-state index in [1.165, 1.54) is 5.56 Å². The summed E-state index contributed by atoms with van der Waals surface area (Å²) in [5, 5.41) is 11.7. The molecule has 4 aliphatic rings. The van der Waals surface area contributed by atoms with E-state index in [-0.39, 0.29) is 18.4 Å². The Labute approximate surface area is 321 Å². The molecule has 1 saturated carbocycles. The molecule has 3 aliphatic heterocycles. The van der Waals surface area contributed by atoms with E-state index in [4.69, 9.17) is 11.6 Å². The van der Waals surface area contributed by atoms with Crippen molar-refractivity contribution in [2.75, 3.05) is 49.5 Å². The van der Waals surface area contributed by atoms with Crippen molar-refractivity contribution in [3.8, 4) is 0 Å². The lowest BCUT2D eigenvalue weighted by Gasteiger charge is -2.37. The van der Waals surface area contributed by atoms with E-state index in [1.54, 1.807) is 27.7 Å². The molecule has 5 heterocycles. The molecule has 54 heavy (non-hydrogen) atoms. The molecule has 13 nitrogen and oxygen atoms in total. The van der Waals surface area contributed by atoms with Gasteiger partial charge in [0.2, 0.25) is 21.9 Å². The molecule has 0 radical (unpaired) electrons. The van der Waals surface area contributed by atoms with Crippen molar-refractivity contribution in [3.05, 3.63) is 71.0 Å². The Kier molecular flexibility index (Phi) is 10.6. The minimum atomic E-state index is -3.58. The highest BCUT2D eigenvalue weighted by molar-refractivity contribution is 7.89. The minimum Gasteiger partial charge on any atom is -0.351 e. The van der Waals surface area contributed by atoms with Crippen LogP contribution in [-0.2, 0) is 21.9 Å². The van der Waals surface area contributed by atoms with Crippen molar-refractivity contribution < 1.29 is 18.0 Å². The lowest BCUT2D eigenvalue weighted by Crippen LogP contribution is -2.49. The fourth-order valence-corrected chi connectivity index (χ4v) is 10.5. The summed E-state index contributed by atoms with van der Waals surface area (Å²) < 4.78 is 30.8. The number of anilines is 2. The predicted molar refractivity (Wildman–Crippen MR) is 208 cm³/mol. The topological polar surface area (TPSA) is 146 Å². The molecule has 2 N–H and O–H groups in total. The van der Waals surface area contributed by atoms with E-state index in [0.717, 1.165) is 74.6 Å². The van der Waals surface area contributed by atoms with Gasteiger partial charge in [0.15, 0.2) is 5.82 Å². The molecule has 0 bridgehead atoms. The van der Waals surface area contributed by atoms with Crippen LogP contribution in [0.15, 0.2) is 59.8 Å². The molecule has 0 unspecified atom stereocenters. The SMILES string of the molecule is Cn1nc(N2CCC(=O)NC2=O)c2ccc(C3CCN(CC4CCC(c5cccc(S(=O)(=O)N6CCC(Nc7ncc(Cl)cn7)CC6)c5)CC4)CC3)cc21. The second-order valence-corrected chi connectivity index (χ2v) is 17.8. The Morgan fingerprint density at radius 1 is 0.852 bits per heavy atom. The molecular formula is C39H48ClN9O4S. The van der Waals surface area contributed by atoms with E-state index in [9.17, 15) is 18.0 Å². The number of amides is 3. The predicted octanol–water partition coefficient (Wildman–Crippen LogP) is 5.88. The lowest BCUT2D eigenvalue weighted by molar-refractivity contribution is -0.120. The van der Waals surface area contributed by atoms with Gasteiger partial charge in [-0.15, -0.1) is 0 Å². The molecule has 3 amide bonds. The highest BCUT2D eigenvalue weighted by atomic mass is 35.5. The summed E-state index contributed by atoms with van der Waals surface area (Å²) in [5.41, 5.74) is 3.44. The van der Waals surface area contributed by atoms with Crippen molar-refractivity contribution in [1.82, 2.24) is 34.3 Å². The fraction of sp³-hybridized carbons (Fsp3) is 0.513. The van der Waals surface area contributed by atoms with E-state index in [2.05, 4.69) is 54.9 Å². The number of halogens is 1. The average molecular weight is 774 g/mol. The molecule has 15 heteroatoms. The molecule has 8 rings (SSSR count). The first-order valence-corrected chi connectivity index (χ1v) is 21.1. The van der Waals surface area contributed by atoms with Gasteiger partial charge in [0.25, 0.3) is 0 Å². The number of hydrogen-bond acceptors (Lipinski definition) is 9. The van der Waals surface area contributed by atoms with Gasteiger partial charge in [0, 0.05) is 51.1 Å². The van der Waals surface area contributed by atoms with Crippen LogP contribution in [0.5, 0.6) is 0 Å². The molecule has 286 valence electrons. The first kappa shape index (κ1) is 36.8. The number of rotatable bonds is 9. The Morgan fingerprint density at radius 2 is 1.56 bits per heavy atom. The summed E-state index contributed by atoms with van der Waals surface area (Å²) in [6.45, 7) is 4.50. The summed E-state index contributed by atoms with van der Waals surface area (Å²) in [7, 11) is -1.68. The zero-order valence-electron chi connectivity index (χ0n) is 30.7. The van der Waals surface area contributed by atoms with Gasteiger partial charge in [-0.1, -0.05) is 29.8 Å². The fourth-order valence-electron chi connectivity index (χ4n) is 8.86. The molecule has 0 atom stereocenters. The number of piperidine rings is 2. The normalized spacial score (nSPS) is 22.8. The van der Waals surface area contributed by atoms with Gasteiger partial charge in [0.1, 0.15) is 0 Å². The first-order valence-electron chi connectivity index (χ1n) is 19.3. The van der Waals surface area contributed by atoms with Gasteiger partial charge >= 0.3 is 6.03 Å². The second-order valence-electron chi connectivity index (χ2n) is 15.4. The van der Waals surface area contributed by atoms with Crippen LogP contribution in [0.3, 0.4) is 0 Å². The molecule has 4 aromatic rings. The largest absolute Gasteiger partial charge is 0.351 e. The van der Waals surface area contributed by atoms with Crippen LogP contribution in [-0.4, -0.2) is 94.6 Å². The molecule has 1 aliphatic carbocycles. The number of carbonyl (C=O) groups is 2. The lowest BCUT2D eigenvalue weighted by atomic mass is 9.78. The number of aromatic nitrogens is 4. The number of sulfonamides is 1. The summed E-state index contributed by atoms with van der Waals surface area (Å²) in [6.07, 6.45) is 11.4. The van der Waals surface area contributed by atoms with Crippen LogP contribution in [0.1, 0.15) is 80.8 Å². The number of benzene rings is 2. The molecule has 2 aromatic carbocycles. The zero-order valence-corrected chi connectivity index (χ0v) is 32.2. The molecule has 4 fully saturated rings. The highest BCUT2D eigenvalue weighted by Gasteiger charge is 2.32. The van der Waals surface area contributed by atoms with Gasteiger partial charge in [-0.05, 0) is 118 Å². The maximum absolute atomic E-state index is 13.7. The monoisotopic (exact) mass is 773 g/mol. The molecular weight excluding hydrogens is 726 g/mol. The maximum Gasteiger partial charge on any atom is 0.329 e. The Hall–Kier alpha value is -4.11. The van der Waals surface area contributed by atoms with Crippen molar-refractivity contribution in [2.45, 2.75) is 80.6 Å². The smallest absolute Gasteiger partial charge is 0.329 e. The van der Waals surface area contributed by atoms with Gasteiger partial charge in [-0.3, -0.25) is 19.7 Å². The van der Waals surface area contributed by atoms with Crippen LogP contribution >= 0.6 is 11.6 Å². The number of likely N-dealkylation sites (tertiary alicyclic amines) is 1. The minimum absolute atomic E-state index is 0.107. The first-order chi connectivity index (χ1) is 26.1. The second kappa shape index (κ2) is 15.6.